The maximum atomic E-state index is 6.07. The minimum atomic E-state index is 0.263. The molecule has 1 saturated heterocycles. The molecule has 108 valence electrons. The van der Waals surface area contributed by atoms with Crippen LogP contribution in [0.4, 0.5) is 5.95 Å². The van der Waals surface area contributed by atoms with Gasteiger partial charge in [-0.3, -0.25) is 4.90 Å². The van der Waals surface area contributed by atoms with Gasteiger partial charge in [-0.15, -0.1) is 0 Å². The van der Waals surface area contributed by atoms with E-state index >= 15 is 0 Å². The number of nitrogens with zero attached hydrogens (tertiary/aromatic N) is 3. The van der Waals surface area contributed by atoms with Crippen LogP contribution in [0.3, 0.4) is 0 Å². The molecule has 1 aliphatic rings. The number of halogens is 1. The van der Waals surface area contributed by atoms with Crippen molar-refractivity contribution in [3.05, 3.63) is 23.2 Å². The van der Waals surface area contributed by atoms with Gasteiger partial charge in [-0.05, 0) is 25.1 Å². The first-order chi connectivity index (χ1) is 9.65. The molecule has 1 aromatic heterocycles. The van der Waals surface area contributed by atoms with E-state index in [4.69, 9.17) is 22.1 Å². The van der Waals surface area contributed by atoms with Crippen LogP contribution in [0.15, 0.2) is 18.2 Å². The molecule has 1 unspecified atom stereocenters. The highest BCUT2D eigenvalue weighted by atomic mass is 35.5. The van der Waals surface area contributed by atoms with Crippen LogP contribution in [0.25, 0.3) is 11.0 Å². The first kappa shape index (κ1) is 13.7. The predicted molar refractivity (Wildman–Crippen MR) is 81.1 cm³/mol. The van der Waals surface area contributed by atoms with Gasteiger partial charge < -0.3 is 15.0 Å². The number of anilines is 1. The number of hydrogen-bond acceptors (Lipinski definition) is 4. The SMILES string of the molecule is CC(CN1CCOCC1)n1c(N)nc2cc(Cl)ccc21. The molecule has 0 spiro atoms. The van der Waals surface area contributed by atoms with Crippen molar-refractivity contribution >= 4 is 28.6 Å². The van der Waals surface area contributed by atoms with E-state index in [1.165, 1.54) is 0 Å². The number of ether oxygens (including phenoxy) is 1. The Kier molecular flexibility index (Phi) is 3.83. The van der Waals surface area contributed by atoms with E-state index in [0.717, 1.165) is 43.9 Å². The van der Waals surface area contributed by atoms with Crippen LogP contribution in [0, 0.1) is 0 Å². The topological polar surface area (TPSA) is 56.3 Å². The molecule has 5 nitrogen and oxygen atoms in total. The van der Waals surface area contributed by atoms with Crippen LogP contribution in [-0.4, -0.2) is 47.3 Å². The molecule has 0 amide bonds. The predicted octanol–water partition coefficient (Wildman–Crippen LogP) is 2.17. The lowest BCUT2D eigenvalue weighted by molar-refractivity contribution is 0.0329. The van der Waals surface area contributed by atoms with E-state index in [0.29, 0.717) is 11.0 Å². The maximum Gasteiger partial charge on any atom is 0.201 e. The van der Waals surface area contributed by atoms with Gasteiger partial charge in [0.2, 0.25) is 5.95 Å². The lowest BCUT2D eigenvalue weighted by Gasteiger charge is -2.30. The molecule has 3 rings (SSSR count). The van der Waals surface area contributed by atoms with Crippen LogP contribution >= 0.6 is 11.6 Å². The fourth-order valence-electron chi connectivity index (χ4n) is 2.79. The summed E-state index contributed by atoms with van der Waals surface area (Å²) in [5, 5.41) is 0.683. The van der Waals surface area contributed by atoms with E-state index in [1.807, 2.05) is 18.2 Å². The van der Waals surface area contributed by atoms with E-state index < -0.39 is 0 Å². The van der Waals surface area contributed by atoms with Gasteiger partial charge in [0, 0.05) is 30.7 Å². The first-order valence-electron chi connectivity index (χ1n) is 6.88. The Hall–Kier alpha value is -1.30. The van der Waals surface area contributed by atoms with E-state index in [9.17, 15) is 0 Å². The lowest BCUT2D eigenvalue weighted by atomic mass is 10.2. The van der Waals surface area contributed by atoms with Crippen molar-refractivity contribution in [1.29, 1.82) is 0 Å². The molecule has 1 fully saturated rings. The molecule has 2 aromatic rings. The number of fused-ring (bicyclic) bond motifs is 1. The molecule has 0 aliphatic carbocycles. The summed E-state index contributed by atoms with van der Waals surface area (Å²) in [6, 6.07) is 5.98. The van der Waals surface area contributed by atoms with Crippen molar-refractivity contribution in [3.63, 3.8) is 0 Å². The zero-order valence-corrected chi connectivity index (χ0v) is 12.3. The number of imidazole rings is 1. The molecule has 20 heavy (non-hydrogen) atoms. The Morgan fingerprint density at radius 2 is 2.15 bits per heavy atom. The summed E-state index contributed by atoms with van der Waals surface area (Å²) in [6.45, 7) is 6.68. The van der Waals surface area contributed by atoms with Gasteiger partial charge in [-0.2, -0.15) is 0 Å². The van der Waals surface area contributed by atoms with Gasteiger partial charge in [0.25, 0.3) is 0 Å². The van der Waals surface area contributed by atoms with Crippen LogP contribution in [0.5, 0.6) is 0 Å². The summed E-state index contributed by atoms with van der Waals surface area (Å²) in [5.74, 6) is 0.544. The molecule has 1 atom stereocenters. The van der Waals surface area contributed by atoms with Gasteiger partial charge in [0.15, 0.2) is 0 Å². The standard InChI is InChI=1S/C14H19ClN4O/c1-10(9-18-4-6-20-7-5-18)19-13-3-2-11(15)8-12(13)17-14(19)16/h2-3,8,10H,4-7,9H2,1H3,(H2,16,17). The third-order valence-corrected chi connectivity index (χ3v) is 3.98. The van der Waals surface area contributed by atoms with Crippen molar-refractivity contribution in [2.45, 2.75) is 13.0 Å². The molecule has 6 heteroatoms. The molecular weight excluding hydrogens is 276 g/mol. The summed E-state index contributed by atoms with van der Waals surface area (Å²) in [5.41, 5.74) is 7.96. The molecule has 0 radical (unpaired) electrons. The number of benzene rings is 1. The molecule has 0 bridgehead atoms. The Labute approximate surface area is 123 Å². The molecule has 1 aromatic carbocycles. The number of rotatable bonds is 3. The number of hydrogen-bond donors (Lipinski definition) is 1. The van der Waals surface area contributed by atoms with Crippen molar-refractivity contribution in [1.82, 2.24) is 14.5 Å². The van der Waals surface area contributed by atoms with E-state index in [-0.39, 0.29) is 6.04 Å². The second-order valence-corrected chi connectivity index (χ2v) is 5.67. The van der Waals surface area contributed by atoms with Crippen molar-refractivity contribution in [2.24, 2.45) is 0 Å². The number of nitrogen functional groups attached to an aromatic ring is 1. The lowest BCUT2D eigenvalue weighted by Crippen LogP contribution is -2.39. The molecule has 1 aliphatic heterocycles. The highest BCUT2D eigenvalue weighted by Crippen LogP contribution is 2.25. The molecular formula is C14H19ClN4O. The highest BCUT2D eigenvalue weighted by Gasteiger charge is 2.18. The van der Waals surface area contributed by atoms with Crippen LogP contribution in [0.2, 0.25) is 5.02 Å². The highest BCUT2D eigenvalue weighted by molar-refractivity contribution is 6.31. The van der Waals surface area contributed by atoms with Crippen molar-refractivity contribution < 1.29 is 4.74 Å². The van der Waals surface area contributed by atoms with Crippen LogP contribution in [0.1, 0.15) is 13.0 Å². The zero-order valence-electron chi connectivity index (χ0n) is 11.6. The molecule has 2 N–H and O–H groups in total. The maximum absolute atomic E-state index is 6.07. The van der Waals surface area contributed by atoms with Gasteiger partial charge in [0.1, 0.15) is 0 Å². The van der Waals surface area contributed by atoms with Crippen LogP contribution in [-0.2, 0) is 4.74 Å². The fraction of sp³-hybridized carbons (Fsp3) is 0.500. The quantitative estimate of drug-likeness (QED) is 0.942. The molecule has 0 saturated carbocycles. The second-order valence-electron chi connectivity index (χ2n) is 5.24. The number of morpholine rings is 1. The van der Waals surface area contributed by atoms with Gasteiger partial charge in [-0.25, -0.2) is 4.98 Å². The molecule has 2 heterocycles. The third kappa shape index (κ3) is 2.61. The smallest absolute Gasteiger partial charge is 0.201 e. The number of nitrogens with two attached hydrogens (primary N) is 1. The van der Waals surface area contributed by atoms with E-state index in [2.05, 4.69) is 21.4 Å². The first-order valence-corrected chi connectivity index (χ1v) is 7.26. The second kappa shape index (κ2) is 5.60. The summed E-state index contributed by atoms with van der Waals surface area (Å²) < 4.78 is 7.46. The monoisotopic (exact) mass is 294 g/mol. The minimum Gasteiger partial charge on any atom is -0.379 e. The average Bonchev–Trinajstić information content (AvgIpc) is 2.74. The Morgan fingerprint density at radius 3 is 2.90 bits per heavy atom. The Balaban J connectivity index is 1.86. The van der Waals surface area contributed by atoms with Crippen molar-refractivity contribution in [3.8, 4) is 0 Å². The van der Waals surface area contributed by atoms with Gasteiger partial charge >= 0.3 is 0 Å². The fourth-order valence-corrected chi connectivity index (χ4v) is 2.96. The zero-order chi connectivity index (χ0) is 14.1. The summed E-state index contributed by atoms with van der Waals surface area (Å²) in [4.78, 5) is 6.80. The normalized spacial score (nSPS) is 18.5. The summed E-state index contributed by atoms with van der Waals surface area (Å²) >= 11 is 6.00. The van der Waals surface area contributed by atoms with Crippen LogP contribution < -0.4 is 5.73 Å². The van der Waals surface area contributed by atoms with Gasteiger partial charge in [0.05, 0.1) is 24.2 Å². The van der Waals surface area contributed by atoms with Crippen molar-refractivity contribution in [2.75, 3.05) is 38.6 Å². The third-order valence-electron chi connectivity index (χ3n) is 3.75. The summed E-state index contributed by atoms with van der Waals surface area (Å²) in [7, 11) is 0. The largest absolute Gasteiger partial charge is 0.379 e. The van der Waals surface area contributed by atoms with Gasteiger partial charge in [-0.1, -0.05) is 11.6 Å². The minimum absolute atomic E-state index is 0.263. The Morgan fingerprint density at radius 1 is 1.40 bits per heavy atom. The average molecular weight is 295 g/mol. The Bertz CT molecular complexity index is 606. The number of aromatic nitrogens is 2. The van der Waals surface area contributed by atoms with E-state index in [1.54, 1.807) is 0 Å². The summed E-state index contributed by atoms with van der Waals surface area (Å²) in [6.07, 6.45) is 0.